The van der Waals surface area contributed by atoms with Gasteiger partial charge >= 0.3 is 0 Å². The second kappa shape index (κ2) is 9.03. The summed E-state index contributed by atoms with van der Waals surface area (Å²) in [4.78, 5) is 17.5. The number of rotatable bonds is 7. The fourth-order valence-corrected chi connectivity index (χ4v) is 4.24. The van der Waals surface area contributed by atoms with E-state index in [1.165, 1.54) is 10.2 Å². The van der Waals surface area contributed by atoms with Gasteiger partial charge in [0.25, 0.3) is 5.56 Å². The number of benzene rings is 2. The average Bonchev–Trinajstić information content (AvgIpc) is 3.27. The van der Waals surface area contributed by atoms with Crippen molar-refractivity contribution in [2.75, 3.05) is 39.5 Å². The first-order valence-electron chi connectivity index (χ1n) is 10.9. The monoisotopic (exact) mass is 421 g/mol. The zero-order chi connectivity index (χ0) is 21.0. The molecule has 2 aromatic carbocycles. The van der Waals surface area contributed by atoms with Crippen LogP contribution in [-0.4, -0.2) is 64.3 Å². The molecule has 162 valence electrons. The van der Waals surface area contributed by atoms with E-state index in [-0.39, 0.29) is 5.56 Å². The van der Waals surface area contributed by atoms with Crippen molar-refractivity contribution in [1.82, 2.24) is 24.8 Å². The lowest BCUT2D eigenvalue weighted by molar-refractivity contribution is 0.125. The van der Waals surface area contributed by atoms with Crippen LogP contribution in [-0.2, 0) is 13.1 Å². The van der Waals surface area contributed by atoms with E-state index < -0.39 is 0 Å². The number of hydrogen-bond donors (Lipinski definition) is 0. The summed E-state index contributed by atoms with van der Waals surface area (Å²) in [7, 11) is 0. The summed E-state index contributed by atoms with van der Waals surface area (Å²) in [6, 6.07) is 13.6. The molecule has 0 radical (unpaired) electrons. The van der Waals surface area contributed by atoms with Crippen LogP contribution in [0.4, 0.5) is 0 Å². The maximum atomic E-state index is 12.5. The van der Waals surface area contributed by atoms with Crippen LogP contribution in [0.15, 0.2) is 47.3 Å². The third-order valence-corrected chi connectivity index (χ3v) is 6.03. The standard InChI is InChI=1S/C23H27N5O3/c29-23-19-5-1-2-6-20(19)24-25-28(23)10-4-3-9-26-11-13-27(14-12-26)16-18-7-8-21-22(15-18)31-17-30-21/h1-2,5-8,15H,3-4,9-14,16-17H2. The predicted molar refractivity (Wildman–Crippen MR) is 117 cm³/mol. The Kier molecular flexibility index (Phi) is 5.82. The molecule has 0 aliphatic carbocycles. The second-order valence-electron chi connectivity index (χ2n) is 8.15. The molecule has 2 aliphatic rings. The first kappa shape index (κ1) is 20.0. The van der Waals surface area contributed by atoms with Crippen LogP contribution < -0.4 is 15.0 Å². The average molecular weight is 422 g/mol. The predicted octanol–water partition coefficient (Wildman–Crippen LogP) is 2.12. The molecule has 1 aromatic heterocycles. The summed E-state index contributed by atoms with van der Waals surface area (Å²) in [5.41, 5.74) is 1.87. The Hall–Kier alpha value is -2.97. The molecule has 0 unspecified atom stereocenters. The van der Waals surface area contributed by atoms with Gasteiger partial charge in [0.2, 0.25) is 6.79 Å². The van der Waals surface area contributed by atoms with Crippen LogP contribution in [0.25, 0.3) is 10.9 Å². The Bertz CT molecular complexity index is 1110. The maximum absolute atomic E-state index is 12.5. The van der Waals surface area contributed by atoms with Crippen molar-refractivity contribution in [3.63, 3.8) is 0 Å². The van der Waals surface area contributed by atoms with Gasteiger partial charge < -0.3 is 14.4 Å². The minimum absolute atomic E-state index is 0.0530. The smallest absolute Gasteiger partial charge is 0.277 e. The van der Waals surface area contributed by atoms with Gasteiger partial charge in [0.1, 0.15) is 5.52 Å². The number of nitrogens with zero attached hydrogens (tertiary/aromatic N) is 5. The number of unbranched alkanes of at least 4 members (excludes halogenated alkanes) is 1. The Morgan fingerprint density at radius 2 is 1.65 bits per heavy atom. The number of hydrogen-bond acceptors (Lipinski definition) is 7. The largest absolute Gasteiger partial charge is 0.454 e. The van der Waals surface area contributed by atoms with Crippen LogP contribution in [0.3, 0.4) is 0 Å². The summed E-state index contributed by atoms with van der Waals surface area (Å²) in [5, 5.41) is 8.87. The quantitative estimate of drug-likeness (QED) is 0.541. The molecule has 1 saturated heterocycles. The highest BCUT2D eigenvalue weighted by molar-refractivity contribution is 5.76. The molecule has 0 spiro atoms. The Morgan fingerprint density at radius 1 is 0.871 bits per heavy atom. The number of aromatic nitrogens is 3. The van der Waals surface area contributed by atoms with Crippen LogP contribution in [0.2, 0.25) is 0 Å². The first-order valence-corrected chi connectivity index (χ1v) is 10.9. The molecule has 8 nitrogen and oxygen atoms in total. The van der Waals surface area contributed by atoms with Gasteiger partial charge in [-0.15, -0.1) is 5.10 Å². The van der Waals surface area contributed by atoms with Crippen molar-refractivity contribution in [3.05, 3.63) is 58.4 Å². The van der Waals surface area contributed by atoms with Crippen molar-refractivity contribution in [2.45, 2.75) is 25.9 Å². The third-order valence-electron chi connectivity index (χ3n) is 6.03. The highest BCUT2D eigenvalue weighted by atomic mass is 16.7. The lowest BCUT2D eigenvalue weighted by Gasteiger charge is -2.34. The Morgan fingerprint density at radius 3 is 2.55 bits per heavy atom. The molecular weight excluding hydrogens is 394 g/mol. The van der Waals surface area contributed by atoms with Gasteiger partial charge in [-0.3, -0.25) is 9.69 Å². The summed E-state index contributed by atoms with van der Waals surface area (Å²) in [5.74, 6) is 1.69. The molecule has 0 bridgehead atoms. The fourth-order valence-electron chi connectivity index (χ4n) is 4.24. The molecule has 0 saturated carbocycles. The van der Waals surface area contributed by atoms with E-state index in [1.807, 2.05) is 30.3 Å². The summed E-state index contributed by atoms with van der Waals surface area (Å²) >= 11 is 0. The van der Waals surface area contributed by atoms with Gasteiger partial charge in [0, 0.05) is 39.3 Å². The van der Waals surface area contributed by atoms with Crippen molar-refractivity contribution >= 4 is 10.9 Å². The van der Waals surface area contributed by atoms with Gasteiger partial charge in [-0.05, 0) is 49.2 Å². The Balaban J connectivity index is 1.05. The zero-order valence-corrected chi connectivity index (χ0v) is 17.6. The van der Waals surface area contributed by atoms with E-state index in [0.29, 0.717) is 24.2 Å². The number of aryl methyl sites for hydroxylation is 1. The van der Waals surface area contributed by atoms with Crippen LogP contribution in [0.1, 0.15) is 18.4 Å². The molecule has 3 heterocycles. The lowest BCUT2D eigenvalue weighted by Crippen LogP contribution is -2.46. The van der Waals surface area contributed by atoms with Crippen LogP contribution in [0.5, 0.6) is 11.5 Å². The van der Waals surface area contributed by atoms with Crippen LogP contribution in [0, 0.1) is 0 Å². The number of ether oxygens (including phenoxy) is 2. The summed E-state index contributed by atoms with van der Waals surface area (Å²) < 4.78 is 12.4. The molecule has 0 N–H and O–H groups in total. The SMILES string of the molecule is O=c1c2ccccc2nnn1CCCCN1CCN(Cc2ccc3c(c2)OCO3)CC1. The molecule has 8 heteroatoms. The number of fused-ring (bicyclic) bond motifs is 2. The fraction of sp³-hybridized carbons (Fsp3) is 0.435. The van der Waals surface area contributed by atoms with E-state index in [1.54, 1.807) is 0 Å². The topological polar surface area (TPSA) is 72.7 Å². The molecule has 5 rings (SSSR count). The maximum Gasteiger partial charge on any atom is 0.277 e. The second-order valence-corrected chi connectivity index (χ2v) is 8.15. The number of piperazine rings is 1. The van der Waals surface area contributed by atoms with Crippen molar-refractivity contribution in [1.29, 1.82) is 0 Å². The third kappa shape index (κ3) is 4.55. The van der Waals surface area contributed by atoms with E-state index >= 15 is 0 Å². The highest BCUT2D eigenvalue weighted by Crippen LogP contribution is 2.32. The van der Waals surface area contributed by atoms with E-state index in [9.17, 15) is 4.79 Å². The normalized spacial score (nSPS) is 16.8. The summed E-state index contributed by atoms with van der Waals surface area (Å²) in [6.45, 7) is 7.18. The van der Waals surface area contributed by atoms with Gasteiger partial charge in [0.05, 0.1) is 5.39 Å². The molecule has 0 amide bonds. The van der Waals surface area contributed by atoms with E-state index in [2.05, 4.69) is 32.2 Å². The molecule has 3 aromatic rings. The van der Waals surface area contributed by atoms with Gasteiger partial charge in [-0.25, -0.2) is 4.68 Å². The molecular formula is C23H27N5O3. The van der Waals surface area contributed by atoms with Crippen molar-refractivity contribution in [3.8, 4) is 11.5 Å². The van der Waals surface area contributed by atoms with Gasteiger partial charge in [-0.2, -0.15) is 0 Å². The zero-order valence-electron chi connectivity index (χ0n) is 17.6. The van der Waals surface area contributed by atoms with Gasteiger partial charge in [-0.1, -0.05) is 23.4 Å². The molecule has 0 atom stereocenters. The van der Waals surface area contributed by atoms with Crippen molar-refractivity contribution in [2.24, 2.45) is 0 Å². The van der Waals surface area contributed by atoms with E-state index in [0.717, 1.165) is 63.6 Å². The molecule has 31 heavy (non-hydrogen) atoms. The lowest BCUT2D eigenvalue weighted by atomic mass is 10.1. The summed E-state index contributed by atoms with van der Waals surface area (Å²) in [6.07, 6.45) is 1.97. The molecule has 2 aliphatic heterocycles. The first-order chi connectivity index (χ1) is 15.3. The van der Waals surface area contributed by atoms with E-state index in [4.69, 9.17) is 9.47 Å². The Labute approximate surface area is 181 Å². The minimum Gasteiger partial charge on any atom is -0.454 e. The van der Waals surface area contributed by atoms with Gasteiger partial charge in [0.15, 0.2) is 11.5 Å². The van der Waals surface area contributed by atoms with Crippen LogP contribution >= 0.6 is 0 Å². The van der Waals surface area contributed by atoms with Crippen molar-refractivity contribution < 1.29 is 9.47 Å². The molecule has 1 fully saturated rings. The highest BCUT2D eigenvalue weighted by Gasteiger charge is 2.18. The minimum atomic E-state index is -0.0530.